The molecule has 25 heteroatoms. The Morgan fingerprint density at radius 2 is 0.589 bits per heavy atom. The molecule has 9 aromatic heterocycles. The summed E-state index contributed by atoms with van der Waals surface area (Å²) in [4.78, 5) is 80.4. The van der Waals surface area contributed by atoms with E-state index in [1.165, 1.54) is 89.9 Å². The number of piperidine rings is 4. The Hall–Kier alpha value is -11.9. The van der Waals surface area contributed by atoms with Gasteiger partial charge in [-0.25, -0.2) is 15.0 Å². The summed E-state index contributed by atoms with van der Waals surface area (Å²) in [5.74, 6) is 2.09. The van der Waals surface area contributed by atoms with Gasteiger partial charge in [0.15, 0.2) is 17.1 Å². The smallest absolute Gasteiger partial charge is 0.276 e. The molecule has 3 aromatic carbocycles. The minimum Gasteiger partial charge on any atom is -0.378 e. The van der Waals surface area contributed by atoms with E-state index in [1.807, 2.05) is 128 Å². The highest BCUT2D eigenvalue weighted by atomic mass is 16.5. The third-order valence-electron chi connectivity index (χ3n) is 21.1. The average Bonchev–Trinajstić information content (AvgIpc) is 1.68. The van der Waals surface area contributed by atoms with Crippen LogP contribution in [-0.4, -0.2) is 170 Å². The topological polar surface area (TPSA) is 279 Å². The molecule has 0 spiro atoms. The van der Waals surface area contributed by atoms with Crippen molar-refractivity contribution in [3.8, 4) is 33.4 Å². The van der Waals surface area contributed by atoms with Crippen molar-refractivity contribution in [2.75, 3.05) is 137 Å². The fraction of sp³-hybridized carbons (Fsp3) is 0.341. The van der Waals surface area contributed by atoms with Crippen LogP contribution in [0.3, 0.4) is 0 Å². The van der Waals surface area contributed by atoms with E-state index < -0.39 is 0 Å². The molecule has 18 rings (SSSR count). The SMILES string of the molecule is O=C(Nc1ccc(N2CCCCC2)nc1)c1n[nH]c2ccc(-c3cncc(N4CCCC4)c3)cc12.O=C(Nc1ccc(N2CCCCC2)nc1)c1n[nH]c2ccc(-c3cncc(N4CCCCC4)c3)cc12.O=C(Nc1ccc(N2CCCCC2)nc1)c1n[nH]c2ccc(-c3cncc(N4CCOCC4)c3)cc12. The molecule has 0 atom stereocenters. The lowest BCUT2D eigenvalue weighted by atomic mass is 10.0. The second-order valence-corrected chi connectivity index (χ2v) is 28.4. The third kappa shape index (κ3) is 16.3. The van der Waals surface area contributed by atoms with Gasteiger partial charge in [0.2, 0.25) is 0 Å². The van der Waals surface area contributed by atoms with E-state index in [9.17, 15) is 14.4 Å². The van der Waals surface area contributed by atoms with E-state index >= 15 is 0 Å². The fourth-order valence-electron chi connectivity index (χ4n) is 15.2. The van der Waals surface area contributed by atoms with Crippen molar-refractivity contribution < 1.29 is 19.1 Å². The van der Waals surface area contributed by atoms with Crippen molar-refractivity contribution in [1.29, 1.82) is 0 Å². The molecule has 546 valence electrons. The molecule has 6 aliphatic rings. The number of nitrogens with one attached hydrogen (secondary N) is 6. The van der Waals surface area contributed by atoms with Gasteiger partial charge in [-0.15, -0.1) is 0 Å². The number of ether oxygens (including phenoxy) is 1. The predicted octanol–water partition coefficient (Wildman–Crippen LogP) is 14.2. The van der Waals surface area contributed by atoms with Crippen LogP contribution in [0.4, 0.5) is 51.6 Å². The van der Waals surface area contributed by atoms with Gasteiger partial charge in [-0.3, -0.25) is 44.6 Å². The van der Waals surface area contributed by atoms with Crippen LogP contribution in [0.15, 0.2) is 165 Å². The molecular weight excluding hydrogens is 1340 g/mol. The van der Waals surface area contributed by atoms with Gasteiger partial charge in [-0.05, 0) is 198 Å². The van der Waals surface area contributed by atoms with Crippen LogP contribution in [-0.2, 0) is 4.74 Å². The highest BCUT2D eigenvalue weighted by molar-refractivity contribution is 6.13. The number of aromatic nitrogens is 12. The van der Waals surface area contributed by atoms with Gasteiger partial charge in [0.05, 0.1) is 101 Å². The lowest BCUT2D eigenvalue weighted by Gasteiger charge is -2.28. The summed E-state index contributed by atoms with van der Waals surface area (Å²) in [6.45, 7) is 13.7. The first-order valence-electron chi connectivity index (χ1n) is 37.9. The highest BCUT2D eigenvalue weighted by Gasteiger charge is 2.24. The zero-order valence-corrected chi connectivity index (χ0v) is 60.2. The van der Waals surface area contributed by atoms with Crippen LogP contribution in [0.1, 0.15) is 121 Å². The molecule has 6 aliphatic heterocycles. The van der Waals surface area contributed by atoms with Crippen molar-refractivity contribution in [3.63, 3.8) is 0 Å². The summed E-state index contributed by atoms with van der Waals surface area (Å²) in [6.07, 6.45) is 33.7. The molecule has 6 saturated heterocycles. The summed E-state index contributed by atoms with van der Waals surface area (Å²) >= 11 is 0. The van der Waals surface area contributed by atoms with Gasteiger partial charge in [0, 0.05) is 130 Å². The standard InChI is InChI=1S/C28H31N7O.C27H29N7O2.C27H29N7O/c36-28(31-22-8-10-26(30-18-22)35-13-5-2-6-14-35)27-24-16-20(7-9-25(24)32-33-27)21-15-23(19-29-17-21)34-11-3-1-4-12-34;35-27(30-21-5-7-25(29-17-21)34-8-2-1-3-9-34)26-23-15-19(4-6-24(23)31-32-26)20-14-22(18-28-16-20)33-10-12-36-13-11-33;35-27(30-21-7-9-25(29-17-21)34-12-2-1-3-13-34)26-23-15-19(6-8-24(23)31-32-26)20-14-22(18-28-16-20)33-10-4-5-11-33/h7-10,15-19H,1-6,11-14H2,(H,31,36)(H,32,33);4-7,14-18H,1-3,8-13H2,(H,30,35)(H,31,32);6-9,14-18H,1-5,10-13H2,(H,30,35)(H,31,32). The summed E-state index contributed by atoms with van der Waals surface area (Å²) < 4.78 is 5.47. The summed E-state index contributed by atoms with van der Waals surface area (Å²) in [6, 6.07) is 36.1. The monoisotopic (exact) mass is 1430 g/mol. The zero-order chi connectivity index (χ0) is 72.3. The number of fused-ring (bicyclic) bond motifs is 3. The number of anilines is 9. The second kappa shape index (κ2) is 32.7. The molecule has 107 heavy (non-hydrogen) atoms. The van der Waals surface area contributed by atoms with Crippen molar-refractivity contribution in [2.24, 2.45) is 0 Å². The number of rotatable bonds is 15. The first kappa shape index (κ1) is 69.5. The molecule has 6 N–H and O–H groups in total. The molecule has 6 fully saturated rings. The van der Waals surface area contributed by atoms with Gasteiger partial charge in [0.25, 0.3) is 17.7 Å². The molecule has 12 aromatic rings. The number of carbonyl (C=O) groups excluding carboxylic acids is 3. The molecule has 15 heterocycles. The number of benzene rings is 3. The summed E-state index contributed by atoms with van der Waals surface area (Å²) in [7, 11) is 0. The fourth-order valence-corrected chi connectivity index (χ4v) is 15.2. The van der Waals surface area contributed by atoms with Crippen LogP contribution in [0.2, 0.25) is 0 Å². The molecule has 0 saturated carbocycles. The Labute approximate surface area is 621 Å². The molecule has 0 radical (unpaired) electrons. The van der Waals surface area contributed by atoms with Gasteiger partial charge < -0.3 is 50.1 Å². The molecule has 0 bridgehead atoms. The van der Waals surface area contributed by atoms with E-state index in [1.54, 1.807) is 18.6 Å². The number of nitrogens with zero attached hydrogens (tertiary/aromatic N) is 15. The normalized spacial score (nSPS) is 16.3. The second-order valence-electron chi connectivity index (χ2n) is 28.4. The van der Waals surface area contributed by atoms with Gasteiger partial charge in [0.1, 0.15) is 17.5 Å². The van der Waals surface area contributed by atoms with E-state index in [-0.39, 0.29) is 17.7 Å². The van der Waals surface area contributed by atoms with E-state index in [2.05, 4.69) is 124 Å². The Kier molecular flexibility index (Phi) is 21.2. The number of aromatic amines is 3. The van der Waals surface area contributed by atoms with Gasteiger partial charge >= 0.3 is 0 Å². The van der Waals surface area contributed by atoms with Crippen LogP contribution < -0.4 is 45.3 Å². The predicted molar refractivity (Wildman–Crippen MR) is 423 cm³/mol. The van der Waals surface area contributed by atoms with Crippen LogP contribution in [0, 0.1) is 0 Å². The minimum atomic E-state index is -0.272. The van der Waals surface area contributed by atoms with Crippen LogP contribution >= 0.6 is 0 Å². The Morgan fingerprint density at radius 1 is 0.299 bits per heavy atom. The molecule has 25 nitrogen and oxygen atoms in total. The minimum absolute atomic E-state index is 0.258. The maximum Gasteiger partial charge on any atom is 0.276 e. The molecule has 0 unspecified atom stereocenters. The van der Waals surface area contributed by atoms with Crippen LogP contribution in [0.25, 0.3) is 66.1 Å². The molecule has 0 aliphatic carbocycles. The lowest BCUT2D eigenvalue weighted by molar-refractivity contribution is 0.101. The first-order chi connectivity index (χ1) is 52.7. The molecule has 3 amide bonds. The zero-order valence-electron chi connectivity index (χ0n) is 60.2. The Bertz CT molecular complexity index is 4830. The maximum absolute atomic E-state index is 13.1. The third-order valence-corrected chi connectivity index (χ3v) is 21.1. The van der Waals surface area contributed by atoms with Crippen molar-refractivity contribution in [3.05, 3.63) is 182 Å². The lowest BCUT2D eigenvalue weighted by Crippen LogP contribution is -2.36. The highest BCUT2D eigenvalue weighted by Crippen LogP contribution is 2.34. The van der Waals surface area contributed by atoms with Crippen molar-refractivity contribution >= 4 is 102 Å². The van der Waals surface area contributed by atoms with Crippen molar-refractivity contribution in [1.82, 2.24) is 60.5 Å². The molecular formula is C82H89N21O4. The number of pyridine rings is 6. The van der Waals surface area contributed by atoms with E-state index in [4.69, 9.17) is 4.74 Å². The Morgan fingerprint density at radius 3 is 0.888 bits per heavy atom. The number of amides is 3. The Balaban J connectivity index is 0.000000123. The first-order valence-corrected chi connectivity index (χ1v) is 37.9. The van der Waals surface area contributed by atoms with Gasteiger partial charge in [-0.2, -0.15) is 15.3 Å². The number of hydrogen-bond acceptors (Lipinski definition) is 19. The van der Waals surface area contributed by atoms with Crippen LogP contribution in [0.5, 0.6) is 0 Å². The number of hydrogen-bond donors (Lipinski definition) is 6. The number of H-pyrrole nitrogens is 3. The number of morpholine rings is 1. The summed E-state index contributed by atoms with van der Waals surface area (Å²) in [5, 5.41) is 33.1. The van der Waals surface area contributed by atoms with Gasteiger partial charge in [-0.1, -0.05) is 18.2 Å². The maximum atomic E-state index is 13.1. The van der Waals surface area contributed by atoms with E-state index in [0.29, 0.717) is 34.1 Å². The number of carbonyl (C=O) groups is 3. The quantitative estimate of drug-likeness (QED) is 0.0556. The average molecular weight is 1430 g/mol. The summed E-state index contributed by atoms with van der Waals surface area (Å²) in [5.41, 5.74) is 14.9. The van der Waals surface area contributed by atoms with Crippen molar-refractivity contribution in [2.45, 2.75) is 89.9 Å². The van der Waals surface area contributed by atoms with E-state index in [0.717, 1.165) is 192 Å². The largest absolute Gasteiger partial charge is 0.378 e.